The van der Waals surface area contributed by atoms with E-state index in [4.69, 9.17) is 0 Å². The first kappa shape index (κ1) is 18.1. The van der Waals surface area contributed by atoms with Gasteiger partial charge in [-0.1, -0.05) is 42.5 Å². The van der Waals surface area contributed by atoms with Gasteiger partial charge in [0.05, 0.1) is 11.3 Å². The van der Waals surface area contributed by atoms with Gasteiger partial charge in [0.1, 0.15) is 9.88 Å². The molecule has 3 aromatic rings. The van der Waals surface area contributed by atoms with Crippen LogP contribution in [0, 0.1) is 6.92 Å². The number of nitrogens with zero attached hydrogens (tertiary/aromatic N) is 1. The molecule has 1 heterocycles. The van der Waals surface area contributed by atoms with E-state index in [1.807, 2.05) is 30.3 Å². The van der Waals surface area contributed by atoms with Crippen LogP contribution in [-0.4, -0.2) is 10.9 Å². The van der Waals surface area contributed by atoms with Crippen LogP contribution in [0.3, 0.4) is 0 Å². The summed E-state index contributed by atoms with van der Waals surface area (Å²) < 4.78 is 38.0. The van der Waals surface area contributed by atoms with Crippen LogP contribution in [0.25, 0.3) is 10.6 Å². The van der Waals surface area contributed by atoms with E-state index in [1.165, 1.54) is 12.1 Å². The number of benzene rings is 2. The fourth-order valence-electron chi connectivity index (χ4n) is 2.39. The third-order valence-electron chi connectivity index (χ3n) is 3.76. The molecule has 134 valence electrons. The molecule has 3 rings (SSSR count). The number of carbonyl (C=O) groups is 1. The molecule has 0 atom stereocenters. The molecule has 0 saturated carbocycles. The molecule has 7 heteroatoms. The Morgan fingerprint density at radius 1 is 1.08 bits per heavy atom. The Labute approximate surface area is 152 Å². The van der Waals surface area contributed by atoms with Gasteiger partial charge in [0.15, 0.2) is 0 Å². The van der Waals surface area contributed by atoms with Gasteiger partial charge in [-0.2, -0.15) is 13.2 Å². The van der Waals surface area contributed by atoms with Gasteiger partial charge in [-0.25, -0.2) is 4.98 Å². The summed E-state index contributed by atoms with van der Waals surface area (Å²) in [6, 6.07) is 14.3. The molecule has 1 aromatic heterocycles. The molecule has 0 spiro atoms. The third-order valence-corrected chi connectivity index (χ3v) is 4.96. The molecule has 26 heavy (non-hydrogen) atoms. The number of nitrogens with one attached hydrogen (secondary N) is 1. The summed E-state index contributed by atoms with van der Waals surface area (Å²) in [5, 5.41) is 3.35. The number of amides is 1. The number of alkyl halides is 3. The minimum atomic E-state index is -4.38. The molecule has 0 bridgehead atoms. The van der Waals surface area contributed by atoms with Crippen molar-refractivity contribution in [3.05, 3.63) is 76.3 Å². The van der Waals surface area contributed by atoms with Crippen LogP contribution in [0.1, 0.15) is 26.5 Å². The van der Waals surface area contributed by atoms with Gasteiger partial charge in [-0.15, -0.1) is 11.3 Å². The summed E-state index contributed by atoms with van der Waals surface area (Å²) in [4.78, 5) is 17.2. The molecule has 3 nitrogen and oxygen atoms in total. The first-order valence-corrected chi connectivity index (χ1v) is 8.63. The average Bonchev–Trinajstić information content (AvgIpc) is 3.02. The van der Waals surface area contributed by atoms with Crippen LogP contribution >= 0.6 is 11.3 Å². The van der Waals surface area contributed by atoms with Crippen molar-refractivity contribution in [1.29, 1.82) is 0 Å². The summed E-state index contributed by atoms with van der Waals surface area (Å²) in [5.74, 6) is -0.248. The average molecular weight is 376 g/mol. The fraction of sp³-hybridized carbons (Fsp3) is 0.158. The van der Waals surface area contributed by atoms with E-state index in [-0.39, 0.29) is 5.91 Å². The van der Waals surface area contributed by atoms with Gasteiger partial charge in [0.25, 0.3) is 5.91 Å². The minimum absolute atomic E-state index is 0.248. The molecule has 0 unspecified atom stereocenters. The molecule has 2 aromatic carbocycles. The molecule has 0 fully saturated rings. The second-order valence-electron chi connectivity index (χ2n) is 5.68. The topological polar surface area (TPSA) is 42.0 Å². The number of hydrogen-bond acceptors (Lipinski definition) is 3. The van der Waals surface area contributed by atoms with Gasteiger partial charge in [0, 0.05) is 12.1 Å². The molecular formula is C19H15F3N2OS. The maximum absolute atomic E-state index is 12.7. The second kappa shape index (κ2) is 7.29. The zero-order valence-electron chi connectivity index (χ0n) is 13.8. The Bertz CT molecular complexity index is 903. The zero-order chi connectivity index (χ0) is 18.7. The number of carbonyl (C=O) groups excluding carboxylic acids is 1. The van der Waals surface area contributed by atoms with Gasteiger partial charge in [-0.3, -0.25) is 4.79 Å². The standard InChI is InChI=1S/C19H15F3N2OS/c1-12-16(17(25)23-11-13-5-3-2-4-6-13)26-18(24-12)14-7-9-15(10-8-14)19(20,21)22/h2-10H,11H2,1H3,(H,23,25). The normalized spacial score (nSPS) is 11.4. The molecule has 0 aliphatic rings. The molecule has 0 aliphatic heterocycles. The first-order valence-electron chi connectivity index (χ1n) is 7.82. The molecular weight excluding hydrogens is 361 g/mol. The maximum atomic E-state index is 12.7. The van der Waals surface area contributed by atoms with E-state index in [9.17, 15) is 18.0 Å². The number of rotatable bonds is 4. The summed E-state index contributed by atoms with van der Waals surface area (Å²) in [5.41, 5.74) is 1.37. The van der Waals surface area contributed by atoms with E-state index in [2.05, 4.69) is 10.3 Å². The number of aromatic nitrogens is 1. The fourth-order valence-corrected chi connectivity index (χ4v) is 3.38. The Balaban J connectivity index is 1.75. The van der Waals surface area contributed by atoms with Crippen molar-refractivity contribution in [2.75, 3.05) is 0 Å². The molecule has 0 aliphatic carbocycles. The third kappa shape index (κ3) is 4.11. The highest BCUT2D eigenvalue weighted by Gasteiger charge is 2.30. The Morgan fingerprint density at radius 3 is 2.35 bits per heavy atom. The maximum Gasteiger partial charge on any atom is 0.416 e. The second-order valence-corrected chi connectivity index (χ2v) is 6.68. The molecule has 1 amide bonds. The monoisotopic (exact) mass is 376 g/mol. The predicted molar refractivity (Wildman–Crippen MR) is 94.9 cm³/mol. The lowest BCUT2D eigenvalue weighted by atomic mass is 10.1. The van der Waals surface area contributed by atoms with Crippen LogP contribution in [0.4, 0.5) is 13.2 Å². The molecule has 0 saturated heterocycles. The highest BCUT2D eigenvalue weighted by atomic mass is 32.1. The van der Waals surface area contributed by atoms with Crippen molar-refractivity contribution in [1.82, 2.24) is 10.3 Å². The van der Waals surface area contributed by atoms with Gasteiger partial charge in [0.2, 0.25) is 0 Å². The Hall–Kier alpha value is -2.67. The van der Waals surface area contributed by atoms with Crippen molar-refractivity contribution in [3.8, 4) is 10.6 Å². The minimum Gasteiger partial charge on any atom is -0.347 e. The smallest absolute Gasteiger partial charge is 0.347 e. The van der Waals surface area contributed by atoms with Crippen molar-refractivity contribution >= 4 is 17.2 Å². The van der Waals surface area contributed by atoms with Crippen molar-refractivity contribution in [3.63, 3.8) is 0 Å². The quantitative estimate of drug-likeness (QED) is 0.691. The van der Waals surface area contributed by atoms with Crippen LogP contribution in [0.15, 0.2) is 54.6 Å². The summed E-state index contributed by atoms with van der Waals surface area (Å²) in [6.45, 7) is 2.11. The van der Waals surface area contributed by atoms with Crippen molar-refractivity contribution in [2.45, 2.75) is 19.6 Å². The summed E-state index contributed by atoms with van der Waals surface area (Å²) >= 11 is 1.16. The van der Waals surface area contributed by atoms with Gasteiger partial charge >= 0.3 is 6.18 Å². The van der Waals surface area contributed by atoms with Gasteiger partial charge < -0.3 is 5.32 Å². The van der Waals surface area contributed by atoms with Crippen LogP contribution in [-0.2, 0) is 12.7 Å². The number of halogens is 3. The number of hydrogen-bond donors (Lipinski definition) is 1. The molecule has 1 N–H and O–H groups in total. The van der Waals surface area contributed by atoms with E-state index in [0.29, 0.717) is 27.7 Å². The summed E-state index contributed by atoms with van der Waals surface area (Å²) in [6.07, 6.45) is -4.38. The van der Waals surface area contributed by atoms with E-state index in [0.717, 1.165) is 29.0 Å². The first-order chi connectivity index (χ1) is 12.3. The number of aryl methyl sites for hydroxylation is 1. The molecule has 0 radical (unpaired) electrons. The van der Waals surface area contributed by atoms with E-state index >= 15 is 0 Å². The number of thiazole rings is 1. The van der Waals surface area contributed by atoms with Crippen LogP contribution < -0.4 is 5.32 Å². The Kier molecular flexibility index (Phi) is 5.08. The van der Waals surface area contributed by atoms with E-state index < -0.39 is 11.7 Å². The van der Waals surface area contributed by atoms with E-state index in [1.54, 1.807) is 6.92 Å². The lowest BCUT2D eigenvalue weighted by Gasteiger charge is -2.06. The van der Waals surface area contributed by atoms with Gasteiger partial charge in [-0.05, 0) is 24.6 Å². The predicted octanol–water partition coefficient (Wildman–Crippen LogP) is 5.07. The highest BCUT2D eigenvalue weighted by Crippen LogP contribution is 2.33. The highest BCUT2D eigenvalue weighted by molar-refractivity contribution is 7.17. The SMILES string of the molecule is Cc1nc(-c2ccc(C(F)(F)F)cc2)sc1C(=O)NCc1ccccc1. The van der Waals surface area contributed by atoms with Crippen LogP contribution in [0.5, 0.6) is 0 Å². The summed E-state index contributed by atoms with van der Waals surface area (Å²) in [7, 11) is 0. The van der Waals surface area contributed by atoms with Crippen LogP contribution in [0.2, 0.25) is 0 Å². The zero-order valence-corrected chi connectivity index (χ0v) is 14.6. The van der Waals surface area contributed by atoms with Crippen molar-refractivity contribution < 1.29 is 18.0 Å². The Morgan fingerprint density at radius 2 is 1.73 bits per heavy atom. The lowest BCUT2D eigenvalue weighted by molar-refractivity contribution is -0.137. The lowest BCUT2D eigenvalue weighted by Crippen LogP contribution is -2.22. The largest absolute Gasteiger partial charge is 0.416 e. The van der Waals surface area contributed by atoms with Crippen molar-refractivity contribution in [2.24, 2.45) is 0 Å².